The minimum Gasteiger partial charge on any atom is -0.491 e. The summed E-state index contributed by atoms with van der Waals surface area (Å²) >= 11 is 0. The number of hydrogen-bond donors (Lipinski definition) is 2. The molecule has 118 valence electrons. The number of ether oxygens (including phenoxy) is 1. The summed E-state index contributed by atoms with van der Waals surface area (Å²) in [6, 6.07) is 16.3. The fraction of sp³-hybridized carbons (Fsp3) is 0.368. The Morgan fingerprint density at radius 1 is 1.00 bits per heavy atom. The first kappa shape index (κ1) is 16.5. The first-order chi connectivity index (χ1) is 10.7. The molecule has 0 bridgehead atoms. The summed E-state index contributed by atoms with van der Waals surface area (Å²) in [5.41, 5.74) is 3.47. The van der Waals surface area contributed by atoms with E-state index in [1.54, 1.807) is 0 Å². The molecule has 0 aromatic heterocycles. The van der Waals surface area contributed by atoms with Crippen LogP contribution in [0.5, 0.6) is 5.75 Å². The van der Waals surface area contributed by atoms with E-state index in [4.69, 9.17) is 9.84 Å². The smallest absolute Gasteiger partial charge is 0.120 e. The first-order valence-corrected chi connectivity index (χ1v) is 7.82. The van der Waals surface area contributed by atoms with Gasteiger partial charge in [0.15, 0.2) is 0 Å². The molecule has 2 aromatic carbocycles. The largest absolute Gasteiger partial charge is 0.491 e. The lowest BCUT2D eigenvalue weighted by molar-refractivity contribution is 0.242. The zero-order valence-electron chi connectivity index (χ0n) is 13.4. The zero-order chi connectivity index (χ0) is 15.8. The van der Waals surface area contributed by atoms with Crippen LogP contribution in [0.25, 0.3) is 0 Å². The highest BCUT2D eigenvalue weighted by Crippen LogP contribution is 2.14. The second kappa shape index (κ2) is 8.57. The molecule has 0 unspecified atom stereocenters. The van der Waals surface area contributed by atoms with E-state index in [2.05, 4.69) is 29.6 Å². The quantitative estimate of drug-likeness (QED) is 0.735. The van der Waals surface area contributed by atoms with E-state index in [1.807, 2.05) is 38.1 Å². The van der Waals surface area contributed by atoms with Crippen molar-refractivity contribution in [2.75, 3.05) is 6.54 Å². The summed E-state index contributed by atoms with van der Waals surface area (Å²) in [4.78, 5) is 0. The van der Waals surface area contributed by atoms with E-state index in [0.717, 1.165) is 30.8 Å². The highest BCUT2D eigenvalue weighted by molar-refractivity contribution is 5.28. The lowest BCUT2D eigenvalue weighted by Gasteiger charge is -2.11. The Balaban J connectivity index is 1.76. The van der Waals surface area contributed by atoms with E-state index in [0.29, 0.717) is 0 Å². The van der Waals surface area contributed by atoms with E-state index >= 15 is 0 Å². The van der Waals surface area contributed by atoms with E-state index in [-0.39, 0.29) is 12.7 Å². The number of aliphatic hydroxyl groups is 1. The van der Waals surface area contributed by atoms with E-state index < -0.39 is 0 Å². The predicted molar refractivity (Wildman–Crippen MR) is 90.0 cm³/mol. The van der Waals surface area contributed by atoms with Gasteiger partial charge in [-0.15, -0.1) is 0 Å². The molecule has 0 radical (unpaired) electrons. The van der Waals surface area contributed by atoms with Gasteiger partial charge in [-0.05, 0) is 55.6 Å². The Kier molecular flexibility index (Phi) is 6.44. The Bertz CT molecular complexity index is 564. The Morgan fingerprint density at radius 2 is 1.73 bits per heavy atom. The van der Waals surface area contributed by atoms with Crippen LogP contribution in [-0.4, -0.2) is 17.8 Å². The number of nitrogens with one attached hydrogen (secondary N) is 1. The third kappa shape index (κ3) is 5.51. The fourth-order valence-electron chi connectivity index (χ4n) is 2.28. The van der Waals surface area contributed by atoms with Gasteiger partial charge in [0, 0.05) is 6.54 Å². The third-order valence-corrected chi connectivity index (χ3v) is 3.40. The maximum atomic E-state index is 9.02. The van der Waals surface area contributed by atoms with Crippen LogP contribution in [0.2, 0.25) is 0 Å². The standard InChI is InChI=1S/C19H25NO2/c1-15(2)22-19-5-3-4-18(12-19)13-20-11-10-16-6-8-17(14-21)9-7-16/h3-9,12,15,20-21H,10-11,13-14H2,1-2H3. The molecule has 0 spiro atoms. The lowest BCUT2D eigenvalue weighted by Crippen LogP contribution is -2.16. The summed E-state index contributed by atoms with van der Waals surface area (Å²) < 4.78 is 5.70. The number of benzene rings is 2. The molecule has 0 fully saturated rings. The Hall–Kier alpha value is -1.84. The van der Waals surface area contributed by atoms with Gasteiger partial charge in [0.2, 0.25) is 0 Å². The van der Waals surface area contributed by atoms with Crippen LogP contribution in [0.1, 0.15) is 30.5 Å². The summed E-state index contributed by atoms with van der Waals surface area (Å²) in [5.74, 6) is 0.925. The van der Waals surface area contributed by atoms with Crippen molar-refractivity contribution >= 4 is 0 Å². The first-order valence-electron chi connectivity index (χ1n) is 7.82. The number of rotatable bonds is 8. The molecule has 0 aliphatic rings. The van der Waals surface area contributed by atoms with Gasteiger partial charge in [0.05, 0.1) is 12.7 Å². The van der Waals surface area contributed by atoms with Crippen molar-refractivity contribution in [3.63, 3.8) is 0 Å². The van der Waals surface area contributed by atoms with Crippen LogP contribution in [0.15, 0.2) is 48.5 Å². The van der Waals surface area contributed by atoms with E-state index in [1.165, 1.54) is 11.1 Å². The molecule has 0 atom stereocenters. The van der Waals surface area contributed by atoms with Crippen molar-refractivity contribution in [3.05, 3.63) is 65.2 Å². The molecule has 2 rings (SSSR count). The van der Waals surface area contributed by atoms with Crippen molar-refractivity contribution in [2.45, 2.75) is 39.5 Å². The van der Waals surface area contributed by atoms with Crippen molar-refractivity contribution in [1.29, 1.82) is 0 Å². The maximum absolute atomic E-state index is 9.02. The van der Waals surface area contributed by atoms with Gasteiger partial charge in [0.1, 0.15) is 5.75 Å². The van der Waals surface area contributed by atoms with Crippen LogP contribution in [0.4, 0.5) is 0 Å². The molecule has 3 heteroatoms. The normalized spacial score (nSPS) is 10.9. The lowest BCUT2D eigenvalue weighted by atomic mass is 10.1. The Labute approximate surface area is 133 Å². The average molecular weight is 299 g/mol. The molecule has 0 heterocycles. The topological polar surface area (TPSA) is 41.5 Å². The second-order valence-corrected chi connectivity index (χ2v) is 5.72. The fourth-order valence-corrected chi connectivity index (χ4v) is 2.28. The molecule has 0 saturated carbocycles. The summed E-state index contributed by atoms with van der Waals surface area (Å²) in [6.45, 7) is 5.94. The third-order valence-electron chi connectivity index (χ3n) is 3.40. The van der Waals surface area contributed by atoms with Crippen LogP contribution < -0.4 is 10.1 Å². The van der Waals surface area contributed by atoms with Gasteiger partial charge in [-0.3, -0.25) is 0 Å². The monoisotopic (exact) mass is 299 g/mol. The zero-order valence-corrected chi connectivity index (χ0v) is 13.4. The van der Waals surface area contributed by atoms with Gasteiger partial charge in [0.25, 0.3) is 0 Å². The summed E-state index contributed by atoms with van der Waals surface area (Å²) in [7, 11) is 0. The molecule has 3 nitrogen and oxygen atoms in total. The minimum atomic E-state index is 0.104. The maximum Gasteiger partial charge on any atom is 0.120 e. The molecular weight excluding hydrogens is 274 g/mol. The van der Waals surface area contributed by atoms with Crippen molar-refractivity contribution in [1.82, 2.24) is 5.32 Å². The number of aliphatic hydroxyl groups excluding tert-OH is 1. The average Bonchev–Trinajstić information content (AvgIpc) is 2.52. The molecular formula is C19H25NO2. The molecule has 2 aromatic rings. The second-order valence-electron chi connectivity index (χ2n) is 5.72. The van der Waals surface area contributed by atoms with Gasteiger partial charge in [-0.25, -0.2) is 0 Å². The molecule has 22 heavy (non-hydrogen) atoms. The Morgan fingerprint density at radius 3 is 2.41 bits per heavy atom. The molecule has 0 aliphatic carbocycles. The van der Waals surface area contributed by atoms with Gasteiger partial charge < -0.3 is 15.2 Å². The van der Waals surface area contributed by atoms with Gasteiger partial charge in [-0.1, -0.05) is 36.4 Å². The number of hydrogen-bond acceptors (Lipinski definition) is 3. The van der Waals surface area contributed by atoms with Crippen molar-refractivity contribution in [3.8, 4) is 5.75 Å². The van der Waals surface area contributed by atoms with Crippen LogP contribution >= 0.6 is 0 Å². The van der Waals surface area contributed by atoms with Crippen molar-refractivity contribution < 1.29 is 9.84 Å². The molecule has 0 saturated heterocycles. The predicted octanol–water partition coefficient (Wildman–Crippen LogP) is 3.30. The van der Waals surface area contributed by atoms with E-state index in [9.17, 15) is 0 Å². The minimum absolute atomic E-state index is 0.104. The molecule has 2 N–H and O–H groups in total. The van der Waals surface area contributed by atoms with Gasteiger partial charge >= 0.3 is 0 Å². The molecule has 0 aliphatic heterocycles. The van der Waals surface area contributed by atoms with Crippen LogP contribution in [0.3, 0.4) is 0 Å². The highest BCUT2D eigenvalue weighted by atomic mass is 16.5. The van der Waals surface area contributed by atoms with Gasteiger partial charge in [-0.2, -0.15) is 0 Å². The molecule has 0 amide bonds. The summed E-state index contributed by atoms with van der Waals surface area (Å²) in [6.07, 6.45) is 1.18. The van der Waals surface area contributed by atoms with Crippen LogP contribution in [-0.2, 0) is 19.6 Å². The van der Waals surface area contributed by atoms with Crippen molar-refractivity contribution in [2.24, 2.45) is 0 Å². The summed E-state index contributed by atoms with van der Waals surface area (Å²) in [5, 5.41) is 12.5. The highest BCUT2D eigenvalue weighted by Gasteiger charge is 2.00. The van der Waals surface area contributed by atoms with Crippen LogP contribution in [0, 0.1) is 0 Å². The SMILES string of the molecule is CC(C)Oc1cccc(CNCCc2ccc(CO)cc2)c1.